The average Bonchev–Trinajstić information content (AvgIpc) is 3.05. The van der Waals surface area contributed by atoms with Gasteiger partial charge in [-0.15, -0.1) is 0 Å². The van der Waals surface area contributed by atoms with Crippen LogP contribution in [0.5, 0.6) is 0 Å². The van der Waals surface area contributed by atoms with Crippen LogP contribution in [-0.4, -0.2) is 54.8 Å². The SMILES string of the molecule is CCCC(F)OC(=O)[C@H]1C[C@@H](C(=O)OC)[C@H](CNC(C)=O)N1Cc1ccccc1. The summed E-state index contributed by atoms with van der Waals surface area (Å²) in [6.07, 6.45) is -0.881. The third-order valence-corrected chi connectivity index (χ3v) is 5.07. The van der Waals surface area contributed by atoms with E-state index in [1.165, 1.54) is 14.0 Å². The van der Waals surface area contributed by atoms with Crippen LogP contribution in [-0.2, 0) is 30.4 Å². The van der Waals surface area contributed by atoms with E-state index in [9.17, 15) is 18.8 Å². The summed E-state index contributed by atoms with van der Waals surface area (Å²) in [4.78, 5) is 38.4. The topological polar surface area (TPSA) is 84.9 Å². The quantitative estimate of drug-likeness (QED) is 0.631. The monoisotopic (exact) mass is 408 g/mol. The van der Waals surface area contributed by atoms with E-state index in [4.69, 9.17) is 9.47 Å². The highest BCUT2D eigenvalue weighted by atomic mass is 19.1. The number of carbonyl (C=O) groups excluding carboxylic acids is 3. The lowest BCUT2D eigenvalue weighted by Crippen LogP contribution is -2.48. The van der Waals surface area contributed by atoms with Crippen molar-refractivity contribution in [1.29, 1.82) is 0 Å². The van der Waals surface area contributed by atoms with E-state index in [-0.39, 0.29) is 25.3 Å². The number of likely N-dealkylation sites (tertiary alicyclic amines) is 1. The van der Waals surface area contributed by atoms with Gasteiger partial charge in [-0.2, -0.15) is 0 Å². The molecule has 29 heavy (non-hydrogen) atoms. The maximum atomic E-state index is 13.9. The first kappa shape index (κ1) is 22.8. The minimum absolute atomic E-state index is 0.118. The van der Waals surface area contributed by atoms with Gasteiger partial charge in [0.25, 0.3) is 0 Å². The Balaban J connectivity index is 2.30. The Bertz CT molecular complexity index is 700. The minimum Gasteiger partial charge on any atom is -0.469 e. The first-order valence-corrected chi connectivity index (χ1v) is 9.83. The Morgan fingerprint density at radius 2 is 1.93 bits per heavy atom. The van der Waals surface area contributed by atoms with Gasteiger partial charge in [0.15, 0.2) is 0 Å². The standard InChI is InChI=1S/C21H29FN2O5/c1-4-8-19(22)29-21(27)17-11-16(20(26)28-3)18(12-23-14(2)25)24(17)13-15-9-6-5-7-10-15/h5-7,9-10,16-19H,4,8,11-13H2,1-3H3,(H,23,25)/t16-,17-,18+,19?/m1/s1. The molecule has 1 aromatic rings. The van der Waals surface area contributed by atoms with Crippen LogP contribution >= 0.6 is 0 Å². The third kappa shape index (κ3) is 6.25. The number of ether oxygens (including phenoxy) is 2. The van der Waals surface area contributed by atoms with Crippen LogP contribution in [0.4, 0.5) is 4.39 Å². The number of rotatable bonds is 9. The van der Waals surface area contributed by atoms with Crippen molar-refractivity contribution in [3.63, 3.8) is 0 Å². The highest BCUT2D eigenvalue weighted by molar-refractivity contribution is 5.81. The Hall–Kier alpha value is -2.48. The largest absolute Gasteiger partial charge is 0.469 e. The zero-order chi connectivity index (χ0) is 21.4. The Labute approximate surface area is 170 Å². The smallest absolute Gasteiger partial charge is 0.325 e. The van der Waals surface area contributed by atoms with Gasteiger partial charge in [0.1, 0.15) is 6.04 Å². The van der Waals surface area contributed by atoms with Crippen LogP contribution in [0.3, 0.4) is 0 Å². The van der Waals surface area contributed by atoms with Gasteiger partial charge in [-0.1, -0.05) is 37.3 Å². The molecule has 4 atom stereocenters. The molecule has 8 heteroatoms. The Morgan fingerprint density at radius 3 is 2.52 bits per heavy atom. The average molecular weight is 408 g/mol. The number of methoxy groups -OCH3 is 1. The molecule has 1 heterocycles. The molecular weight excluding hydrogens is 379 g/mol. The predicted molar refractivity (Wildman–Crippen MR) is 104 cm³/mol. The van der Waals surface area contributed by atoms with E-state index < -0.39 is 36.3 Å². The number of hydrogen-bond donors (Lipinski definition) is 1. The van der Waals surface area contributed by atoms with Crippen molar-refractivity contribution in [2.45, 2.75) is 58.1 Å². The molecule has 0 aromatic heterocycles. The maximum Gasteiger partial charge on any atom is 0.325 e. The molecule has 1 N–H and O–H groups in total. The molecular formula is C21H29FN2O5. The van der Waals surface area contributed by atoms with E-state index in [0.29, 0.717) is 13.0 Å². The van der Waals surface area contributed by atoms with Crippen molar-refractivity contribution in [3.05, 3.63) is 35.9 Å². The lowest BCUT2D eigenvalue weighted by atomic mass is 9.99. The number of nitrogens with one attached hydrogen (secondary N) is 1. The summed E-state index contributed by atoms with van der Waals surface area (Å²) in [7, 11) is 1.28. The molecule has 1 aromatic carbocycles. The van der Waals surface area contributed by atoms with Gasteiger partial charge in [0.05, 0.1) is 13.0 Å². The van der Waals surface area contributed by atoms with Crippen molar-refractivity contribution < 1.29 is 28.2 Å². The van der Waals surface area contributed by atoms with Crippen LogP contribution in [0.25, 0.3) is 0 Å². The van der Waals surface area contributed by atoms with E-state index in [2.05, 4.69) is 5.32 Å². The summed E-state index contributed by atoms with van der Waals surface area (Å²) in [5.41, 5.74) is 0.925. The summed E-state index contributed by atoms with van der Waals surface area (Å²) in [6.45, 7) is 3.70. The highest BCUT2D eigenvalue weighted by Gasteiger charge is 2.49. The van der Waals surface area contributed by atoms with Crippen LogP contribution in [0.15, 0.2) is 30.3 Å². The fourth-order valence-electron chi connectivity index (χ4n) is 3.65. The number of hydrogen-bond acceptors (Lipinski definition) is 6. The second-order valence-corrected chi connectivity index (χ2v) is 7.18. The number of benzene rings is 1. The summed E-state index contributed by atoms with van der Waals surface area (Å²) in [6, 6.07) is 8.14. The van der Waals surface area contributed by atoms with Crippen molar-refractivity contribution >= 4 is 17.8 Å². The number of amides is 1. The fourth-order valence-corrected chi connectivity index (χ4v) is 3.65. The molecule has 160 valence electrons. The van der Waals surface area contributed by atoms with Crippen LogP contribution in [0, 0.1) is 5.92 Å². The molecule has 1 fully saturated rings. The number of nitrogens with zero attached hydrogens (tertiary/aromatic N) is 1. The van der Waals surface area contributed by atoms with Gasteiger partial charge in [-0.3, -0.25) is 19.3 Å². The zero-order valence-corrected chi connectivity index (χ0v) is 17.1. The molecule has 0 aliphatic carbocycles. The number of esters is 2. The molecule has 1 amide bonds. The molecule has 1 aliphatic heterocycles. The van der Waals surface area contributed by atoms with Crippen molar-refractivity contribution in [1.82, 2.24) is 10.2 Å². The Kier molecular flexibility index (Phi) is 8.57. The normalized spacial score (nSPS) is 22.7. The summed E-state index contributed by atoms with van der Waals surface area (Å²) in [5.74, 6) is -2.07. The van der Waals surface area contributed by atoms with E-state index in [1.807, 2.05) is 30.3 Å². The van der Waals surface area contributed by atoms with Crippen molar-refractivity contribution in [2.24, 2.45) is 5.92 Å². The lowest BCUT2D eigenvalue weighted by molar-refractivity contribution is -0.164. The van der Waals surface area contributed by atoms with E-state index in [1.54, 1.807) is 11.8 Å². The lowest BCUT2D eigenvalue weighted by Gasteiger charge is -2.30. The molecule has 2 rings (SSSR count). The van der Waals surface area contributed by atoms with Gasteiger partial charge < -0.3 is 14.8 Å². The van der Waals surface area contributed by atoms with Gasteiger partial charge in [0, 0.05) is 32.5 Å². The van der Waals surface area contributed by atoms with Gasteiger partial charge >= 0.3 is 11.9 Å². The summed E-state index contributed by atoms with van der Waals surface area (Å²) >= 11 is 0. The van der Waals surface area contributed by atoms with Crippen LogP contribution in [0.2, 0.25) is 0 Å². The van der Waals surface area contributed by atoms with Gasteiger partial charge in [-0.05, 0) is 18.4 Å². The molecule has 1 unspecified atom stereocenters. The second kappa shape index (κ2) is 10.9. The predicted octanol–water partition coefficient (Wildman–Crippen LogP) is 2.19. The number of carbonyl (C=O) groups is 3. The molecule has 0 saturated carbocycles. The van der Waals surface area contributed by atoms with E-state index in [0.717, 1.165) is 5.56 Å². The number of alkyl halides is 1. The maximum absolute atomic E-state index is 13.9. The fraction of sp³-hybridized carbons (Fsp3) is 0.571. The van der Waals surface area contributed by atoms with E-state index >= 15 is 0 Å². The first-order chi connectivity index (χ1) is 13.9. The van der Waals surface area contributed by atoms with Crippen LogP contribution in [0.1, 0.15) is 38.7 Å². The minimum atomic E-state index is -1.68. The molecule has 0 spiro atoms. The van der Waals surface area contributed by atoms with Gasteiger partial charge in [-0.25, -0.2) is 4.39 Å². The molecule has 0 bridgehead atoms. The summed E-state index contributed by atoms with van der Waals surface area (Å²) in [5, 5.41) is 2.72. The molecule has 1 aliphatic rings. The van der Waals surface area contributed by atoms with Crippen molar-refractivity contribution in [2.75, 3.05) is 13.7 Å². The highest BCUT2D eigenvalue weighted by Crippen LogP contribution is 2.33. The Morgan fingerprint density at radius 1 is 1.24 bits per heavy atom. The zero-order valence-electron chi connectivity index (χ0n) is 17.1. The van der Waals surface area contributed by atoms with Gasteiger partial charge in [0.2, 0.25) is 12.3 Å². The molecule has 1 saturated heterocycles. The number of halogens is 1. The van der Waals surface area contributed by atoms with Crippen molar-refractivity contribution in [3.8, 4) is 0 Å². The van der Waals surface area contributed by atoms with Crippen LogP contribution < -0.4 is 5.32 Å². The first-order valence-electron chi connectivity index (χ1n) is 9.83. The third-order valence-electron chi connectivity index (χ3n) is 5.07. The summed E-state index contributed by atoms with van der Waals surface area (Å²) < 4.78 is 23.8. The molecule has 0 radical (unpaired) electrons. The molecule has 7 nitrogen and oxygen atoms in total. The second-order valence-electron chi connectivity index (χ2n) is 7.18.